The van der Waals surface area contributed by atoms with Crippen molar-refractivity contribution in [2.75, 3.05) is 32.1 Å². The summed E-state index contributed by atoms with van der Waals surface area (Å²) in [7, 11) is 3.85. The Morgan fingerprint density at radius 2 is 1.95 bits per heavy atom. The van der Waals surface area contributed by atoms with E-state index in [2.05, 4.69) is 9.88 Å². The number of piperidine rings is 1. The molecule has 2 heterocycles. The Balaban J connectivity index is 2.27. The third-order valence-corrected chi connectivity index (χ3v) is 4.04. The third-order valence-electron chi connectivity index (χ3n) is 4.04. The maximum atomic E-state index is 12.8. The fraction of sp³-hybridized carbons (Fsp3) is 0.643. The third kappa shape index (κ3) is 3.65. The van der Waals surface area contributed by atoms with Gasteiger partial charge in [-0.15, -0.1) is 0 Å². The standard InChI is InChI=1S/C14H21F3N4/c1-20-7-5-11(6-8-20)21(2)13-10(9-18)3-4-12(19-13)14(15,16)17/h3-4,11H,5-9,18H2,1-2H3. The number of nitrogens with zero attached hydrogens (tertiary/aromatic N) is 3. The van der Waals surface area contributed by atoms with Crippen LogP contribution in [0, 0.1) is 0 Å². The molecule has 0 bridgehead atoms. The van der Waals surface area contributed by atoms with Crippen LogP contribution in [-0.4, -0.2) is 43.1 Å². The largest absolute Gasteiger partial charge is 0.433 e. The van der Waals surface area contributed by atoms with Gasteiger partial charge in [0.05, 0.1) is 0 Å². The van der Waals surface area contributed by atoms with E-state index in [1.54, 1.807) is 7.05 Å². The quantitative estimate of drug-likeness (QED) is 0.928. The number of hydrogen-bond donors (Lipinski definition) is 1. The van der Waals surface area contributed by atoms with E-state index < -0.39 is 11.9 Å². The molecule has 1 aromatic heterocycles. The van der Waals surface area contributed by atoms with Crippen LogP contribution in [0.3, 0.4) is 0 Å². The number of alkyl halides is 3. The van der Waals surface area contributed by atoms with Crippen LogP contribution in [-0.2, 0) is 12.7 Å². The fourth-order valence-corrected chi connectivity index (χ4v) is 2.66. The minimum Gasteiger partial charge on any atom is -0.356 e. The van der Waals surface area contributed by atoms with Crippen LogP contribution in [0.25, 0.3) is 0 Å². The van der Waals surface area contributed by atoms with E-state index in [-0.39, 0.29) is 12.6 Å². The normalized spacial score (nSPS) is 18.0. The Kier molecular flexibility index (Phi) is 4.73. The van der Waals surface area contributed by atoms with Crippen LogP contribution in [0.4, 0.5) is 19.0 Å². The second-order valence-corrected chi connectivity index (χ2v) is 5.53. The summed E-state index contributed by atoms with van der Waals surface area (Å²) < 4.78 is 38.5. The molecule has 0 saturated carbocycles. The first kappa shape index (κ1) is 16.0. The minimum absolute atomic E-state index is 0.178. The maximum absolute atomic E-state index is 12.8. The molecule has 4 nitrogen and oxygen atoms in total. The van der Waals surface area contributed by atoms with Crippen molar-refractivity contribution in [1.29, 1.82) is 0 Å². The zero-order valence-corrected chi connectivity index (χ0v) is 12.3. The lowest BCUT2D eigenvalue weighted by Gasteiger charge is -2.36. The molecule has 0 unspecified atom stereocenters. The number of rotatable bonds is 3. The zero-order valence-electron chi connectivity index (χ0n) is 12.3. The average molecular weight is 302 g/mol. The van der Waals surface area contributed by atoms with Crippen LogP contribution >= 0.6 is 0 Å². The molecule has 0 amide bonds. The molecule has 21 heavy (non-hydrogen) atoms. The summed E-state index contributed by atoms with van der Waals surface area (Å²) >= 11 is 0. The van der Waals surface area contributed by atoms with Gasteiger partial charge < -0.3 is 15.5 Å². The molecular formula is C14H21F3N4. The smallest absolute Gasteiger partial charge is 0.356 e. The molecule has 1 aliphatic rings. The Labute approximate surface area is 122 Å². The van der Waals surface area contributed by atoms with Crippen molar-refractivity contribution in [2.24, 2.45) is 5.73 Å². The van der Waals surface area contributed by atoms with E-state index in [0.717, 1.165) is 32.0 Å². The number of likely N-dealkylation sites (tertiary alicyclic amines) is 1. The highest BCUT2D eigenvalue weighted by Gasteiger charge is 2.34. The molecule has 1 aromatic rings. The number of hydrogen-bond acceptors (Lipinski definition) is 4. The Hall–Kier alpha value is -1.34. The summed E-state index contributed by atoms with van der Waals surface area (Å²) in [5.41, 5.74) is 5.42. The number of pyridine rings is 1. The fourth-order valence-electron chi connectivity index (χ4n) is 2.66. The predicted molar refractivity (Wildman–Crippen MR) is 76.1 cm³/mol. The van der Waals surface area contributed by atoms with Crippen molar-refractivity contribution < 1.29 is 13.2 Å². The predicted octanol–water partition coefficient (Wildman–Crippen LogP) is 2.09. The first-order chi connectivity index (χ1) is 9.82. The molecule has 1 saturated heterocycles. The molecule has 0 spiro atoms. The lowest BCUT2D eigenvalue weighted by Crippen LogP contribution is -2.42. The van der Waals surface area contributed by atoms with Gasteiger partial charge in [-0.05, 0) is 39.0 Å². The van der Waals surface area contributed by atoms with E-state index in [4.69, 9.17) is 5.73 Å². The van der Waals surface area contributed by atoms with Crippen molar-refractivity contribution >= 4 is 5.82 Å². The Bertz CT molecular complexity index is 482. The topological polar surface area (TPSA) is 45.4 Å². The minimum atomic E-state index is -4.44. The summed E-state index contributed by atoms with van der Waals surface area (Å²) in [4.78, 5) is 7.88. The van der Waals surface area contributed by atoms with Gasteiger partial charge >= 0.3 is 6.18 Å². The first-order valence-electron chi connectivity index (χ1n) is 7.01. The molecule has 118 valence electrons. The second-order valence-electron chi connectivity index (χ2n) is 5.53. The Morgan fingerprint density at radius 3 is 2.48 bits per heavy atom. The highest BCUT2D eigenvalue weighted by atomic mass is 19.4. The van der Waals surface area contributed by atoms with Crippen LogP contribution in [0.15, 0.2) is 12.1 Å². The summed E-state index contributed by atoms with van der Waals surface area (Å²) in [6.07, 6.45) is -2.61. The van der Waals surface area contributed by atoms with Gasteiger partial charge in [0.1, 0.15) is 11.5 Å². The van der Waals surface area contributed by atoms with Crippen molar-refractivity contribution in [3.05, 3.63) is 23.4 Å². The number of aromatic nitrogens is 1. The van der Waals surface area contributed by atoms with Crippen LogP contribution in [0.5, 0.6) is 0 Å². The van der Waals surface area contributed by atoms with Gasteiger partial charge in [-0.1, -0.05) is 6.07 Å². The first-order valence-corrected chi connectivity index (χ1v) is 7.01. The van der Waals surface area contributed by atoms with Gasteiger partial charge in [-0.25, -0.2) is 4.98 Å². The van der Waals surface area contributed by atoms with Gasteiger partial charge in [0.15, 0.2) is 0 Å². The summed E-state index contributed by atoms with van der Waals surface area (Å²) in [6, 6.07) is 2.62. The SMILES string of the molecule is CN1CCC(N(C)c2nc(C(F)(F)F)ccc2CN)CC1. The van der Waals surface area contributed by atoms with E-state index in [9.17, 15) is 13.2 Å². The Morgan fingerprint density at radius 1 is 1.33 bits per heavy atom. The van der Waals surface area contributed by atoms with Crippen molar-refractivity contribution in [2.45, 2.75) is 31.6 Å². The molecule has 1 aliphatic heterocycles. The molecule has 1 fully saturated rings. The molecule has 7 heteroatoms. The van der Waals surface area contributed by atoms with Gasteiger partial charge in [0, 0.05) is 25.2 Å². The number of nitrogens with two attached hydrogens (primary N) is 1. The van der Waals surface area contributed by atoms with Crippen LogP contribution in [0.1, 0.15) is 24.1 Å². The highest BCUT2D eigenvalue weighted by molar-refractivity contribution is 5.48. The zero-order chi connectivity index (χ0) is 15.6. The van der Waals surface area contributed by atoms with Crippen molar-refractivity contribution in [1.82, 2.24) is 9.88 Å². The summed E-state index contributed by atoms with van der Waals surface area (Å²) in [5.74, 6) is 0.349. The molecule has 0 atom stereocenters. The van der Waals surface area contributed by atoms with Crippen LogP contribution < -0.4 is 10.6 Å². The van der Waals surface area contributed by atoms with E-state index >= 15 is 0 Å². The lowest BCUT2D eigenvalue weighted by atomic mass is 10.0. The molecule has 2 N–H and O–H groups in total. The molecule has 2 rings (SSSR count). The maximum Gasteiger partial charge on any atom is 0.433 e. The van der Waals surface area contributed by atoms with Gasteiger partial charge in [0.2, 0.25) is 0 Å². The average Bonchev–Trinajstić information content (AvgIpc) is 2.45. The summed E-state index contributed by atoms with van der Waals surface area (Å²) in [6.45, 7) is 2.05. The van der Waals surface area contributed by atoms with Gasteiger partial charge in [-0.2, -0.15) is 13.2 Å². The highest BCUT2D eigenvalue weighted by Crippen LogP contribution is 2.31. The lowest BCUT2D eigenvalue weighted by molar-refractivity contribution is -0.141. The van der Waals surface area contributed by atoms with E-state index in [1.807, 2.05) is 11.9 Å². The number of halogens is 3. The monoisotopic (exact) mass is 302 g/mol. The van der Waals surface area contributed by atoms with E-state index in [0.29, 0.717) is 11.4 Å². The molecular weight excluding hydrogens is 281 g/mol. The molecule has 0 aliphatic carbocycles. The van der Waals surface area contributed by atoms with Crippen LogP contribution in [0.2, 0.25) is 0 Å². The number of anilines is 1. The van der Waals surface area contributed by atoms with Crippen molar-refractivity contribution in [3.8, 4) is 0 Å². The van der Waals surface area contributed by atoms with Gasteiger partial charge in [0.25, 0.3) is 0 Å². The second kappa shape index (κ2) is 6.19. The van der Waals surface area contributed by atoms with Gasteiger partial charge in [-0.3, -0.25) is 0 Å². The van der Waals surface area contributed by atoms with E-state index in [1.165, 1.54) is 6.07 Å². The van der Waals surface area contributed by atoms with Crippen molar-refractivity contribution in [3.63, 3.8) is 0 Å². The molecule has 0 aromatic carbocycles. The molecule has 0 radical (unpaired) electrons. The summed E-state index contributed by atoms with van der Waals surface area (Å²) in [5, 5.41) is 0.